The van der Waals surface area contributed by atoms with E-state index in [2.05, 4.69) is 15.0 Å². The van der Waals surface area contributed by atoms with Crippen LogP contribution in [0.5, 0.6) is 0 Å². The Hall–Kier alpha value is -2.97. The first-order valence-electron chi connectivity index (χ1n) is 7.72. The first-order valence-corrected chi connectivity index (χ1v) is 7.72. The molecule has 0 radical (unpaired) electrons. The lowest BCUT2D eigenvalue weighted by Gasteiger charge is -2.16. The number of rotatable bonds is 5. The largest absolute Gasteiger partial charge is 0.441 e. The number of hydrogen-bond donors (Lipinski definition) is 1. The van der Waals surface area contributed by atoms with Gasteiger partial charge in [-0.15, -0.1) is 0 Å². The van der Waals surface area contributed by atoms with E-state index in [1.807, 2.05) is 0 Å². The Kier molecular flexibility index (Phi) is 4.15. The molecular formula is C16H17FN4O4. The predicted octanol–water partition coefficient (Wildman–Crippen LogP) is 0.897. The molecule has 2 heterocycles. The van der Waals surface area contributed by atoms with Gasteiger partial charge in [-0.05, 0) is 31.5 Å². The number of halogens is 1. The molecule has 0 bridgehead atoms. The van der Waals surface area contributed by atoms with E-state index in [1.165, 1.54) is 16.7 Å². The first-order chi connectivity index (χ1) is 11.8. The number of amides is 3. The average Bonchev–Trinajstić information content (AvgIpc) is 2.98. The second-order valence-corrected chi connectivity index (χ2v) is 6.33. The quantitative estimate of drug-likeness (QED) is 0.810. The topological polar surface area (TPSA) is 97.4 Å². The van der Waals surface area contributed by atoms with Crippen LogP contribution in [0.3, 0.4) is 0 Å². The molecule has 1 N–H and O–H groups in total. The Bertz CT molecular complexity index is 869. The highest BCUT2D eigenvalue weighted by molar-refractivity contribution is 6.06. The van der Waals surface area contributed by atoms with Gasteiger partial charge in [0.25, 0.3) is 5.91 Å². The number of nitrogens with zero attached hydrogens (tertiary/aromatic N) is 3. The summed E-state index contributed by atoms with van der Waals surface area (Å²) in [6.45, 7) is 3.30. The normalized spacial score (nSPS) is 16.4. The number of carbonyl (C=O) groups excluding carboxylic acids is 2. The van der Waals surface area contributed by atoms with E-state index in [0.29, 0.717) is 5.82 Å². The first kappa shape index (κ1) is 16.9. The van der Waals surface area contributed by atoms with Crippen LogP contribution in [-0.2, 0) is 17.8 Å². The maximum Gasteiger partial charge on any atom is 0.441 e. The zero-order chi connectivity index (χ0) is 18.2. The SMILES string of the molecule is CC1(C)NC(=O)N(CCn2c(Cc3ccc(F)cc3)noc2=O)C1=O. The van der Waals surface area contributed by atoms with Gasteiger partial charge in [0.1, 0.15) is 11.4 Å². The molecule has 1 aromatic carbocycles. The summed E-state index contributed by atoms with van der Waals surface area (Å²) in [5.74, 6) is -1.06. The van der Waals surface area contributed by atoms with Gasteiger partial charge >= 0.3 is 11.8 Å². The molecule has 1 aliphatic heterocycles. The van der Waals surface area contributed by atoms with Crippen molar-refractivity contribution in [2.24, 2.45) is 0 Å². The summed E-state index contributed by atoms with van der Waals surface area (Å²) in [6.07, 6.45) is 0.262. The van der Waals surface area contributed by atoms with Gasteiger partial charge in [-0.2, -0.15) is 0 Å². The number of aromatic nitrogens is 2. The van der Waals surface area contributed by atoms with Crippen LogP contribution in [0, 0.1) is 5.82 Å². The van der Waals surface area contributed by atoms with E-state index in [1.54, 1.807) is 26.0 Å². The van der Waals surface area contributed by atoms with E-state index in [9.17, 15) is 18.8 Å². The van der Waals surface area contributed by atoms with Gasteiger partial charge in [0.05, 0.1) is 0 Å². The number of benzene rings is 1. The van der Waals surface area contributed by atoms with Gasteiger partial charge in [0.15, 0.2) is 5.82 Å². The number of nitrogens with one attached hydrogen (secondary N) is 1. The fourth-order valence-corrected chi connectivity index (χ4v) is 2.65. The van der Waals surface area contributed by atoms with Crippen molar-refractivity contribution in [2.75, 3.05) is 6.54 Å². The highest BCUT2D eigenvalue weighted by Crippen LogP contribution is 2.16. The second-order valence-electron chi connectivity index (χ2n) is 6.33. The van der Waals surface area contributed by atoms with Crippen molar-refractivity contribution in [1.82, 2.24) is 19.9 Å². The van der Waals surface area contributed by atoms with Gasteiger partial charge in [-0.25, -0.2) is 14.0 Å². The summed E-state index contributed by atoms with van der Waals surface area (Å²) in [4.78, 5) is 37.0. The van der Waals surface area contributed by atoms with Crippen molar-refractivity contribution in [1.29, 1.82) is 0 Å². The molecule has 1 aromatic heterocycles. The van der Waals surface area contributed by atoms with E-state index >= 15 is 0 Å². The molecular weight excluding hydrogens is 331 g/mol. The van der Waals surface area contributed by atoms with Gasteiger partial charge in [-0.3, -0.25) is 18.8 Å². The van der Waals surface area contributed by atoms with Gasteiger partial charge in [0.2, 0.25) is 0 Å². The van der Waals surface area contributed by atoms with E-state index in [-0.39, 0.29) is 31.2 Å². The molecule has 0 atom stereocenters. The number of carbonyl (C=O) groups is 2. The standard InChI is InChI=1S/C16H17FN4O4/c1-16(2)13(22)21(14(23)18-16)8-7-20-12(19-25-15(20)24)9-10-3-5-11(17)6-4-10/h3-6H,7-9H2,1-2H3,(H,18,23). The van der Waals surface area contributed by atoms with Crippen LogP contribution in [0.15, 0.2) is 33.6 Å². The third kappa shape index (κ3) is 3.30. The summed E-state index contributed by atoms with van der Waals surface area (Å²) >= 11 is 0. The predicted molar refractivity (Wildman–Crippen MR) is 84.3 cm³/mol. The molecule has 3 amide bonds. The lowest BCUT2D eigenvalue weighted by atomic mass is 10.1. The Morgan fingerprint density at radius 3 is 2.44 bits per heavy atom. The molecule has 0 unspecified atom stereocenters. The van der Waals surface area contributed by atoms with E-state index in [4.69, 9.17) is 0 Å². The summed E-state index contributed by atoms with van der Waals surface area (Å²) < 4.78 is 18.9. The summed E-state index contributed by atoms with van der Waals surface area (Å²) in [7, 11) is 0. The Morgan fingerprint density at radius 1 is 1.16 bits per heavy atom. The maximum absolute atomic E-state index is 13.0. The molecule has 0 saturated carbocycles. The Morgan fingerprint density at radius 2 is 1.84 bits per heavy atom. The van der Waals surface area contributed by atoms with Crippen LogP contribution in [0.2, 0.25) is 0 Å². The molecule has 1 aliphatic rings. The minimum absolute atomic E-state index is 0.0195. The zero-order valence-corrected chi connectivity index (χ0v) is 13.8. The third-order valence-electron chi connectivity index (χ3n) is 4.03. The molecule has 25 heavy (non-hydrogen) atoms. The molecule has 2 aromatic rings. The lowest BCUT2D eigenvalue weighted by molar-refractivity contribution is -0.130. The maximum atomic E-state index is 13.0. The molecule has 9 heteroatoms. The van der Waals surface area contributed by atoms with Gasteiger partial charge in [0, 0.05) is 19.5 Å². The lowest BCUT2D eigenvalue weighted by Crippen LogP contribution is -2.41. The van der Waals surface area contributed by atoms with Crippen molar-refractivity contribution >= 4 is 11.9 Å². The fraction of sp³-hybridized carbons (Fsp3) is 0.375. The monoisotopic (exact) mass is 348 g/mol. The summed E-state index contributed by atoms with van der Waals surface area (Å²) in [5, 5.41) is 6.30. The third-order valence-corrected chi connectivity index (χ3v) is 4.03. The summed E-state index contributed by atoms with van der Waals surface area (Å²) in [5.41, 5.74) is -0.215. The molecule has 0 spiro atoms. The average molecular weight is 348 g/mol. The number of hydrogen-bond acceptors (Lipinski definition) is 5. The highest BCUT2D eigenvalue weighted by Gasteiger charge is 2.43. The van der Waals surface area contributed by atoms with Crippen molar-refractivity contribution in [3.63, 3.8) is 0 Å². The molecule has 0 aliphatic carbocycles. The van der Waals surface area contributed by atoms with Crippen LogP contribution >= 0.6 is 0 Å². The number of imide groups is 1. The second kappa shape index (κ2) is 6.15. The zero-order valence-electron chi connectivity index (χ0n) is 13.8. The fourth-order valence-electron chi connectivity index (χ4n) is 2.65. The molecule has 1 saturated heterocycles. The minimum atomic E-state index is -0.965. The molecule has 8 nitrogen and oxygen atoms in total. The van der Waals surface area contributed by atoms with E-state index in [0.717, 1.165) is 10.5 Å². The highest BCUT2D eigenvalue weighted by atomic mass is 19.1. The molecule has 3 rings (SSSR count). The number of urea groups is 1. The van der Waals surface area contributed by atoms with Crippen LogP contribution < -0.4 is 11.1 Å². The van der Waals surface area contributed by atoms with Crippen LogP contribution in [0.1, 0.15) is 25.2 Å². The smallest absolute Gasteiger partial charge is 0.324 e. The van der Waals surface area contributed by atoms with Crippen molar-refractivity contribution in [2.45, 2.75) is 32.4 Å². The van der Waals surface area contributed by atoms with Gasteiger partial charge in [-0.1, -0.05) is 17.3 Å². The van der Waals surface area contributed by atoms with Crippen molar-refractivity contribution < 1.29 is 18.5 Å². The van der Waals surface area contributed by atoms with Crippen molar-refractivity contribution in [3.05, 3.63) is 52.0 Å². The van der Waals surface area contributed by atoms with Crippen LogP contribution in [0.25, 0.3) is 0 Å². The van der Waals surface area contributed by atoms with Crippen LogP contribution in [-0.4, -0.2) is 38.6 Å². The van der Waals surface area contributed by atoms with E-state index < -0.39 is 17.3 Å². The summed E-state index contributed by atoms with van der Waals surface area (Å²) in [6, 6.07) is 5.29. The van der Waals surface area contributed by atoms with Crippen molar-refractivity contribution in [3.8, 4) is 0 Å². The van der Waals surface area contributed by atoms with Gasteiger partial charge < -0.3 is 5.32 Å². The molecule has 1 fully saturated rings. The molecule has 132 valence electrons. The van der Waals surface area contributed by atoms with Crippen LogP contribution in [0.4, 0.5) is 9.18 Å². The Balaban J connectivity index is 1.74. The Labute approximate surface area is 142 Å². The minimum Gasteiger partial charge on any atom is -0.324 e.